The number of aliphatic carboxylic acids is 1. The summed E-state index contributed by atoms with van der Waals surface area (Å²) in [5, 5.41) is 19.4. The van der Waals surface area contributed by atoms with Crippen LogP contribution in [0.5, 0.6) is 0 Å². The quantitative estimate of drug-likeness (QED) is 0.265. The lowest BCUT2D eigenvalue weighted by molar-refractivity contribution is -0.875. The van der Waals surface area contributed by atoms with Gasteiger partial charge in [-0.25, -0.2) is 0 Å². The molecular formula is C17H30NO4+. The minimum atomic E-state index is -1.88. The number of hydrogen-bond acceptors (Lipinski definition) is 3. The standard InChI is InChI=1S/C17H29NO4/c1-5-6-7-8-9-10-11-12-15(19)17(22,13-16(20)21)14-18(2,3)4/h9-12,22H,5-8,13-14H2,1-4H3/p+1. The zero-order valence-electron chi connectivity index (χ0n) is 14.2. The number of aliphatic hydroxyl groups is 1. The van der Waals surface area contributed by atoms with Crippen LogP contribution in [-0.4, -0.2) is 59.7 Å². The molecule has 5 heteroatoms. The molecule has 0 fully saturated rings. The SMILES string of the molecule is CCCCCC=CC=CC(=O)C(O)(CC(=O)O)C[N+](C)(C)C. The molecule has 0 bridgehead atoms. The zero-order chi connectivity index (χ0) is 17.2. The average Bonchev–Trinajstić information content (AvgIpc) is 2.34. The lowest BCUT2D eigenvalue weighted by atomic mass is 9.92. The van der Waals surface area contributed by atoms with E-state index in [1.54, 1.807) is 33.3 Å². The van der Waals surface area contributed by atoms with Gasteiger partial charge in [0.2, 0.25) is 0 Å². The Kier molecular flexibility index (Phi) is 8.90. The Morgan fingerprint density at radius 1 is 1.14 bits per heavy atom. The van der Waals surface area contributed by atoms with Gasteiger partial charge in [0.15, 0.2) is 11.4 Å². The highest BCUT2D eigenvalue weighted by molar-refractivity contribution is 5.99. The van der Waals surface area contributed by atoms with E-state index < -0.39 is 23.8 Å². The van der Waals surface area contributed by atoms with Gasteiger partial charge in [-0.2, -0.15) is 0 Å². The lowest BCUT2D eigenvalue weighted by Gasteiger charge is -2.33. The van der Waals surface area contributed by atoms with E-state index in [1.807, 2.05) is 6.08 Å². The van der Waals surface area contributed by atoms with Crippen molar-refractivity contribution in [2.24, 2.45) is 0 Å². The maximum Gasteiger partial charge on any atom is 0.307 e. The van der Waals surface area contributed by atoms with Gasteiger partial charge in [-0.1, -0.05) is 38.0 Å². The highest BCUT2D eigenvalue weighted by atomic mass is 16.4. The van der Waals surface area contributed by atoms with Gasteiger partial charge in [0.25, 0.3) is 0 Å². The minimum Gasteiger partial charge on any atom is -0.481 e. The summed E-state index contributed by atoms with van der Waals surface area (Å²) < 4.78 is 0.302. The molecule has 0 rings (SSSR count). The number of allylic oxidation sites excluding steroid dienone is 3. The van der Waals surface area contributed by atoms with Crippen LogP contribution in [0.25, 0.3) is 0 Å². The highest BCUT2D eigenvalue weighted by Gasteiger charge is 2.41. The first-order chi connectivity index (χ1) is 10.1. The molecule has 0 aromatic rings. The normalized spacial score (nSPS) is 15.3. The van der Waals surface area contributed by atoms with Crippen molar-refractivity contribution in [2.75, 3.05) is 27.7 Å². The van der Waals surface area contributed by atoms with Crippen molar-refractivity contribution in [3.63, 3.8) is 0 Å². The van der Waals surface area contributed by atoms with Gasteiger partial charge in [-0.15, -0.1) is 0 Å². The lowest BCUT2D eigenvalue weighted by Crippen LogP contribution is -2.54. The third kappa shape index (κ3) is 9.47. The molecule has 0 aliphatic carbocycles. The van der Waals surface area contributed by atoms with Crippen LogP contribution in [0.1, 0.15) is 39.0 Å². The van der Waals surface area contributed by atoms with Crippen molar-refractivity contribution < 1.29 is 24.3 Å². The molecule has 2 N–H and O–H groups in total. The number of carboxylic acid groups (broad SMARTS) is 1. The maximum atomic E-state index is 12.2. The summed E-state index contributed by atoms with van der Waals surface area (Å²) in [5.41, 5.74) is -1.88. The summed E-state index contributed by atoms with van der Waals surface area (Å²) in [5.74, 6) is -1.76. The van der Waals surface area contributed by atoms with E-state index in [4.69, 9.17) is 5.11 Å². The van der Waals surface area contributed by atoms with Crippen LogP contribution >= 0.6 is 0 Å². The third-order valence-electron chi connectivity index (χ3n) is 3.11. The second kappa shape index (κ2) is 9.54. The number of likely N-dealkylation sites (N-methyl/N-ethyl adjacent to an activating group) is 1. The number of carboxylic acids is 1. The maximum absolute atomic E-state index is 12.2. The molecule has 0 radical (unpaired) electrons. The van der Waals surface area contributed by atoms with E-state index >= 15 is 0 Å². The molecule has 1 unspecified atom stereocenters. The molecule has 0 amide bonds. The van der Waals surface area contributed by atoms with Crippen molar-refractivity contribution in [2.45, 2.75) is 44.6 Å². The minimum absolute atomic E-state index is 0.0443. The molecule has 22 heavy (non-hydrogen) atoms. The summed E-state index contributed by atoms with van der Waals surface area (Å²) in [6.07, 6.45) is 10.4. The summed E-state index contributed by atoms with van der Waals surface area (Å²) in [6.45, 7) is 2.18. The first-order valence-electron chi connectivity index (χ1n) is 7.73. The van der Waals surface area contributed by atoms with Gasteiger partial charge < -0.3 is 14.7 Å². The van der Waals surface area contributed by atoms with Gasteiger partial charge in [0.05, 0.1) is 27.6 Å². The fraction of sp³-hybridized carbons (Fsp3) is 0.647. The van der Waals surface area contributed by atoms with Crippen LogP contribution in [0.2, 0.25) is 0 Å². The van der Waals surface area contributed by atoms with E-state index in [-0.39, 0.29) is 6.54 Å². The van der Waals surface area contributed by atoms with Crippen molar-refractivity contribution in [1.29, 1.82) is 0 Å². The second-order valence-electron chi connectivity index (χ2n) is 6.70. The number of ketones is 1. The monoisotopic (exact) mass is 312 g/mol. The molecule has 0 aromatic heterocycles. The fourth-order valence-corrected chi connectivity index (χ4v) is 2.24. The van der Waals surface area contributed by atoms with Crippen LogP contribution in [-0.2, 0) is 9.59 Å². The van der Waals surface area contributed by atoms with Crippen LogP contribution in [0.15, 0.2) is 24.3 Å². The summed E-state index contributed by atoms with van der Waals surface area (Å²) in [6, 6.07) is 0. The van der Waals surface area contributed by atoms with Crippen molar-refractivity contribution in [3.8, 4) is 0 Å². The van der Waals surface area contributed by atoms with Crippen molar-refractivity contribution in [1.82, 2.24) is 0 Å². The van der Waals surface area contributed by atoms with Crippen LogP contribution < -0.4 is 0 Å². The Bertz CT molecular complexity index is 421. The molecule has 0 spiro atoms. The van der Waals surface area contributed by atoms with E-state index in [9.17, 15) is 14.7 Å². The van der Waals surface area contributed by atoms with Crippen LogP contribution in [0, 0.1) is 0 Å². The Morgan fingerprint density at radius 3 is 2.27 bits per heavy atom. The Morgan fingerprint density at radius 2 is 1.77 bits per heavy atom. The highest BCUT2D eigenvalue weighted by Crippen LogP contribution is 2.17. The number of rotatable bonds is 11. The summed E-state index contributed by atoms with van der Waals surface area (Å²) >= 11 is 0. The van der Waals surface area contributed by atoms with E-state index in [0.717, 1.165) is 19.3 Å². The van der Waals surface area contributed by atoms with E-state index in [2.05, 4.69) is 6.92 Å². The molecule has 0 saturated heterocycles. The summed E-state index contributed by atoms with van der Waals surface area (Å²) in [4.78, 5) is 23.1. The number of unbranched alkanes of at least 4 members (excludes halogenated alkanes) is 3. The van der Waals surface area contributed by atoms with Gasteiger partial charge >= 0.3 is 5.97 Å². The Balaban J connectivity index is 4.73. The average molecular weight is 312 g/mol. The van der Waals surface area contributed by atoms with Crippen LogP contribution in [0.3, 0.4) is 0 Å². The molecule has 0 heterocycles. The number of quaternary nitrogens is 1. The van der Waals surface area contributed by atoms with Gasteiger partial charge in [0.1, 0.15) is 6.54 Å². The van der Waals surface area contributed by atoms with Gasteiger partial charge in [-0.05, 0) is 18.9 Å². The number of hydrogen-bond donors (Lipinski definition) is 2. The molecule has 0 saturated carbocycles. The predicted octanol–water partition coefficient (Wildman–Crippen LogP) is 2.16. The van der Waals surface area contributed by atoms with Gasteiger partial charge in [0, 0.05) is 0 Å². The Hall–Kier alpha value is -1.46. The number of carbonyl (C=O) groups excluding carboxylic acids is 1. The van der Waals surface area contributed by atoms with E-state index in [0.29, 0.717) is 4.48 Å². The third-order valence-corrected chi connectivity index (χ3v) is 3.11. The first kappa shape index (κ1) is 20.5. The molecule has 126 valence electrons. The number of carbonyl (C=O) groups is 2. The molecule has 1 atom stereocenters. The van der Waals surface area contributed by atoms with Gasteiger partial charge in [-0.3, -0.25) is 9.59 Å². The number of nitrogens with zero attached hydrogens (tertiary/aromatic N) is 1. The predicted molar refractivity (Wildman–Crippen MR) is 87.5 cm³/mol. The fourth-order valence-electron chi connectivity index (χ4n) is 2.24. The molecule has 0 aliphatic heterocycles. The zero-order valence-corrected chi connectivity index (χ0v) is 14.2. The van der Waals surface area contributed by atoms with Crippen molar-refractivity contribution >= 4 is 11.8 Å². The first-order valence-corrected chi connectivity index (χ1v) is 7.73. The van der Waals surface area contributed by atoms with Crippen LogP contribution in [0.4, 0.5) is 0 Å². The second-order valence-corrected chi connectivity index (χ2v) is 6.70. The smallest absolute Gasteiger partial charge is 0.307 e. The molecule has 5 nitrogen and oxygen atoms in total. The summed E-state index contributed by atoms with van der Waals surface area (Å²) in [7, 11) is 5.41. The topological polar surface area (TPSA) is 74.6 Å². The Labute approximate surface area is 133 Å². The molecular weight excluding hydrogens is 282 g/mol. The van der Waals surface area contributed by atoms with Crippen molar-refractivity contribution in [3.05, 3.63) is 24.3 Å². The molecule has 0 aromatic carbocycles. The molecule has 0 aliphatic rings. The van der Waals surface area contributed by atoms with E-state index in [1.165, 1.54) is 12.5 Å². The largest absolute Gasteiger partial charge is 0.481 e.